The maximum absolute atomic E-state index is 13.1. The molecule has 0 radical (unpaired) electrons. The molecule has 218 valence electrons. The van der Waals surface area contributed by atoms with Crippen LogP contribution in [0.15, 0.2) is 66.7 Å². The summed E-state index contributed by atoms with van der Waals surface area (Å²) in [5, 5.41) is 6.71. The SMILES string of the molecule is CP(C)(=O)c1ccccc1Nc1cccc(CN2CCC(c3ccc4c(c3)CN(C3CCC(=O)NC3=O)C4=O)CC2)c1. The molecular formula is C33H37N4O4P. The molecule has 9 heteroatoms. The van der Waals surface area contributed by atoms with E-state index in [0.29, 0.717) is 24.4 Å². The number of carbonyl (C=O) groups is 3. The molecule has 8 nitrogen and oxygen atoms in total. The Morgan fingerprint density at radius 3 is 2.48 bits per heavy atom. The molecule has 0 saturated carbocycles. The van der Waals surface area contributed by atoms with Gasteiger partial charge in [-0.25, -0.2) is 0 Å². The first-order valence-electron chi connectivity index (χ1n) is 14.7. The number of amides is 3. The molecule has 0 aromatic heterocycles. The fraction of sp³-hybridized carbons (Fsp3) is 0.364. The van der Waals surface area contributed by atoms with Gasteiger partial charge < -0.3 is 14.8 Å². The van der Waals surface area contributed by atoms with E-state index in [1.807, 2.05) is 36.4 Å². The van der Waals surface area contributed by atoms with Crippen molar-refractivity contribution in [2.75, 3.05) is 31.7 Å². The molecule has 2 fully saturated rings. The van der Waals surface area contributed by atoms with E-state index in [-0.39, 0.29) is 24.1 Å². The highest BCUT2D eigenvalue weighted by Gasteiger charge is 2.39. The zero-order valence-corrected chi connectivity index (χ0v) is 25.0. The van der Waals surface area contributed by atoms with Crippen LogP contribution in [0.3, 0.4) is 0 Å². The molecule has 0 spiro atoms. The van der Waals surface area contributed by atoms with E-state index >= 15 is 0 Å². The average molecular weight is 585 g/mol. The van der Waals surface area contributed by atoms with Crippen LogP contribution in [-0.2, 0) is 27.2 Å². The van der Waals surface area contributed by atoms with Crippen LogP contribution in [0.2, 0.25) is 0 Å². The number of benzene rings is 3. The lowest BCUT2D eigenvalue weighted by molar-refractivity contribution is -0.136. The average Bonchev–Trinajstić information content (AvgIpc) is 3.28. The summed E-state index contributed by atoms with van der Waals surface area (Å²) in [5.41, 5.74) is 6.00. The highest BCUT2D eigenvalue weighted by atomic mass is 31.2. The van der Waals surface area contributed by atoms with Gasteiger partial charge in [0.25, 0.3) is 5.91 Å². The predicted octanol–water partition coefficient (Wildman–Crippen LogP) is 4.82. The summed E-state index contributed by atoms with van der Waals surface area (Å²) >= 11 is 0. The van der Waals surface area contributed by atoms with Crippen LogP contribution in [0.4, 0.5) is 11.4 Å². The van der Waals surface area contributed by atoms with Crippen molar-refractivity contribution >= 4 is 41.5 Å². The number of piperidine rings is 2. The lowest BCUT2D eigenvalue weighted by Crippen LogP contribution is -2.52. The fourth-order valence-electron chi connectivity index (χ4n) is 6.48. The Labute approximate surface area is 246 Å². The van der Waals surface area contributed by atoms with E-state index in [0.717, 1.165) is 54.7 Å². The Hall–Kier alpha value is -3.74. The topological polar surface area (TPSA) is 98.8 Å². The van der Waals surface area contributed by atoms with E-state index in [2.05, 4.69) is 45.9 Å². The van der Waals surface area contributed by atoms with Crippen molar-refractivity contribution in [3.63, 3.8) is 0 Å². The number of hydrogen-bond acceptors (Lipinski definition) is 6. The van der Waals surface area contributed by atoms with Gasteiger partial charge in [-0.05, 0) is 98.6 Å². The second-order valence-corrected chi connectivity index (χ2v) is 15.2. The zero-order chi connectivity index (χ0) is 29.4. The zero-order valence-electron chi connectivity index (χ0n) is 24.1. The van der Waals surface area contributed by atoms with E-state index < -0.39 is 13.2 Å². The summed E-state index contributed by atoms with van der Waals surface area (Å²) in [6.07, 6.45) is 2.71. The molecule has 3 aliphatic rings. The molecule has 1 atom stereocenters. The molecule has 6 rings (SSSR count). The van der Waals surface area contributed by atoms with E-state index in [1.54, 1.807) is 18.2 Å². The van der Waals surface area contributed by atoms with E-state index in [1.165, 1.54) is 11.1 Å². The number of hydrogen-bond donors (Lipinski definition) is 2. The van der Waals surface area contributed by atoms with Crippen molar-refractivity contribution in [1.82, 2.24) is 15.1 Å². The Morgan fingerprint density at radius 2 is 1.71 bits per heavy atom. The molecule has 1 unspecified atom stereocenters. The largest absolute Gasteiger partial charge is 0.355 e. The Kier molecular flexibility index (Phi) is 7.77. The van der Waals surface area contributed by atoms with Gasteiger partial charge in [0.2, 0.25) is 11.8 Å². The standard InChI is InChI=1S/C33H37N4O4P/c1-42(2,41)30-9-4-3-8-28(30)34-26-7-5-6-22(18-26)20-36-16-14-23(15-17-36)24-10-11-27-25(19-24)21-37(33(27)40)29-12-13-31(38)35-32(29)39/h3-11,18-19,23,29,34H,12-17,20-21H2,1-2H3,(H,35,38,39). The summed E-state index contributed by atoms with van der Waals surface area (Å²) < 4.78 is 12.8. The second-order valence-electron chi connectivity index (χ2n) is 12.1. The number of likely N-dealkylation sites (tertiary alicyclic amines) is 1. The van der Waals surface area contributed by atoms with Crippen LogP contribution in [0.1, 0.15) is 58.6 Å². The Balaban J connectivity index is 1.06. The Morgan fingerprint density at radius 1 is 0.929 bits per heavy atom. The molecule has 3 aromatic carbocycles. The number of imide groups is 1. The molecule has 42 heavy (non-hydrogen) atoms. The third-order valence-electron chi connectivity index (χ3n) is 8.70. The van der Waals surface area contributed by atoms with Gasteiger partial charge in [-0.3, -0.25) is 24.6 Å². The normalized spacial score (nSPS) is 20.0. The van der Waals surface area contributed by atoms with Crippen LogP contribution in [-0.4, -0.2) is 60.0 Å². The van der Waals surface area contributed by atoms with Gasteiger partial charge in [-0.15, -0.1) is 0 Å². The summed E-state index contributed by atoms with van der Waals surface area (Å²) in [6.45, 7) is 6.84. The first-order valence-corrected chi connectivity index (χ1v) is 17.3. The number of nitrogens with zero attached hydrogens (tertiary/aromatic N) is 2. The van der Waals surface area contributed by atoms with Gasteiger partial charge >= 0.3 is 0 Å². The van der Waals surface area contributed by atoms with Crippen LogP contribution in [0.25, 0.3) is 0 Å². The van der Waals surface area contributed by atoms with E-state index in [4.69, 9.17) is 0 Å². The molecule has 0 aliphatic carbocycles. The predicted molar refractivity (Wildman–Crippen MR) is 165 cm³/mol. The molecule has 2 saturated heterocycles. The lowest BCUT2D eigenvalue weighted by atomic mass is 9.87. The van der Waals surface area contributed by atoms with E-state index in [9.17, 15) is 18.9 Å². The van der Waals surface area contributed by atoms with Crippen LogP contribution in [0.5, 0.6) is 0 Å². The Bertz CT molecular complexity index is 1590. The molecule has 3 heterocycles. The third-order valence-corrected chi connectivity index (χ3v) is 10.3. The maximum atomic E-state index is 13.1. The number of fused-ring (bicyclic) bond motifs is 1. The summed E-state index contributed by atoms with van der Waals surface area (Å²) in [4.78, 5) is 41.1. The molecule has 3 aromatic rings. The maximum Gasteiger partial charge on any atom is 0.255 e. The minimum Gasteiger partial charge on any atom is -0.355 e. The number of rotatable bonds is 7. The summed E-state index contributed by atoms with van der Waals surface area (Å²) in [5.74, 6) is -0.349. The van der Waals surface area contributed by atoms with Gasteiger partial charge in [0.1, 0.15) is 13.2 Å². The summed E-state index contributed by atoms with van der Waals surface area (Å²) in [7, 11) is -2.40. The molecule has 3 amide bonds. The van der Waals surface area contributed by atoms with Gasteiger partial charge in [0.15, 0.2) is 0 Å². The van der Waals surface area contributed by atoms with Crippen molar-refractivity contribution in [3.8, 4) is 0 Å². The quantitative estimate of drug-likeness (QED) is 0.305. The second kappa shape index (κ2) is 11.5. The highest BCUT2D eigenvalue weighted by Crippen LogP contribution is 2.38. The number of carbonyl (C=O) groups excluding carboxylic acids is 3. The van der Waals surface area contributed by atoms with Crippen molar-refractivity contribution in [3.05, 3.63) is 89.0 Å². The molecule has 0 bridgehead atoms. The smallest absolute Gasteiger partial charge is 0.255 e. The first kappa shape index (κ1) is 28.4. The monoisotopic (exact) mass is 584 g/mol. The lowest BCUT2D eigenvalue weighted by Gasteiger charge is -2.32. The van der Waals surface area contributed by atoms with Crippen molar-refractivity contribution in [1.29, 1.82) is 0 Å². The van der Waals surface area contributed by atoms with Gasteiger partial charge in [-0.2, -0.15) is 0 Å². The summed E-state index contributed by atoms with van der Waals surface area (Å²) in [6, 6.07) is 21.8. The van der Waals surface area contributed by atoms with Crippen molar-refractivity contribution in [2.45, 2.75) is 50.7 Å². The fourth-order valence-corrected chi connectivity index (χ4v) is 7.64. The number of anilines is 2. The highest BCUT2D eigenvalue weighted by molar-refractivity contribution is 7.70. The van der Waals surface area contributed by atoms with Gasteiger partial charge in [-0.1, -0.05) is 36.4 Å². The molecular weight excluding hydrogens is 547 g/mol. The minimum atomic E-state index is -2.40. The van der Waals surface area contributed by atoms with Gasteiger partial charge in [0, 0.05) is 41.8 Å². The van der Waals surface area contributed by atoms with Crippen LogP contribution in [0, 0.1) is 0 Å². The van der Waals surface area contributed by atoms with Crippen LogP contribution >= 0.6 is 7.14 Å². The minimum absolute atomic E-state index is 0.125. The van der Waals surface area contributed by atoms with Crippen molar-refractivity contribution < 1.29 is 18.9 Å². The third kappa shape index (κ3) is 5.92. The number of nitrogens with one attached hydrogen (secondary N) is 2. The van der Waals surface area contributed by atoms with Crippen LogP contribution < -0.4 is 15.9 Å². The molecule has 3 aliphatic heterocycles. The molecule has 2 N–H and O–H groups in total. The first-order chi connectivity index (χ1) is 20.2. The van der Waals surface area contributed by atoms with Crippen molar-refractivity contribution in [2.24, 2.45) is 0 Å². The number of para-hydroxylation sites is 1. The van der Waals surface area contributed by atoms with Gasteiger partial charge in [0.05, 0.1) is 0 Å².